The molecule has 29 heavy (non-hydrogen) atoms. The van der Waals surface area contributed by atoms with Crippen molar-refractivity contribution < 1.29 is 9.53 Å². The number of thiazole rings is 1. The Labute approximate surface area is 174 Å². The number of hydrogen-bond acceptors (Lipinski definition) is 5. The zero-order valence-electron chi connectivity index (χ0n) is 16.6. The molecule has 150 valence electrons. The van der Waals surface area contributed by atoms with Gasteiger partial charge in [-0.05, 0) is 31.0 Å². The van der Waals surface area contributed by atoms with Gasteiger partial charge in [-0.2, -0.15) is 0 Å². The van der Waals surface area contributed by atoms with Crippen LogP contribution in [-0.4, -0.2) is 37.3 Å². The molecule has 7 heteroatoms. The summed E-state index contributed by atoms with van der Waals surface area (Å²) in [5.74, 6) is 0. The van der Waals surface area contributed by atoms with Gasteiger partial charge < -0.3 is 20.3 Å². The first-order valence-electron chi connectivity index (χ1n) is 9.63. The second-order valence-electron chi connectivity index (χ2n) is 7.01. The summed E-state index contributed by atoms with van der Waals surface area (Å²) in [4.78, 5) is 19.7. The van der Waals surface area contributed by atoms with Crippen molar-refractivity contribution in [3.63, 3.8) is 0 Å². The van der Waals surface area contributed by atoms with Gasteiger partial charge in [0, 0.05) is 29.7 Å². The molecule has 6 nitrogen and oxygen atoms in total. The molecule has 0 radical (unpaired) electrons. The molecule has 1 fully saturated rings. The summed E-state index contributed by atoms with van der Waals surface area (Å²) < 4.78 is 5.42. The lowest BCUT2D eigenvalue weighted by molar-refractivity contribution is 0.122. The van der Waals surface area contributed by atoms with Crippen molar-refractivity contribution in [3.8, 4) is 11.3 Å². The molecule has 2 amide bonds. The highest BCUT2D eigenvalue weighted by Gasteiger charge is 2.17. The van der Waals surface area contributed by atoms with E-state index in [1.165, 1.54) is 0 Å². The van der Waals surface area contributed by atoms with Gasteiger partial charge in [0.05, 0.1) is 24.6 Å². The minimum atomic E-state index is -0.265. The summed E-state index contributed by atoms with van der Waals surface area (Å²) in [6.45, 7) is 7.13. The molecular formula is C22H24N4O2S. The standard InChI is InChI=1S/C22H24N4O2S/c1-15-6-5-7-16(2)20(15)25-21(27)23-18-9-4-3-8-17(18)19-14-29-22(24-19)26-10-12-28-13-11-26/h3-9,14H,10-13H2,1-2H3,(H2,23,25,27). The van der Waals surface area contributed by atoms with Crippen LogP contribution < -0.4 is 15.5 Å². The third-order valence-electron chi connectivity index (χ3n) is 4.94. The monoisotopic (exact) mass is 408 g/mol. The first-order valence-corrected chi connectivity index (χ1v) is 10.5. The molecule has 2 aromatic carbocycles. The van der Waals surface area contributed by atoms with E-state index in [9.17, 15) is 4.79 Å². The number of amides is 2. The van der Waals surface area contributed by atoms with E-state index in [0.29, 0.717) is 0 Å². The number of rotatable bonds is 4. The normalized spacial score (nSPS) is 13.9. The first kappa shape index (κ1) is 19.4. The maximum absolute atomic E-state index is 12.7. The number of para-hydroxylation sites is 2. The zero-order chi connectivity index (χ0) is 20.2. The van der Waals surface area contributed by atoms with Gasteiger partial charge in [0.2, 0.25) is 0 Å². The summed E-state index contributed by atoms with van der Waals surface area (Å²) in [6, 6.07) is 13.4. The number of morpholine rings is 1. The van der Waals surface area contributed by atoms with Crippen molar-refractivity contribution in [2.24, 2.45) is 0 Å². The topological polar surface area (TPSA) is 66.5 Å². The van der Waals surface area contributed by atoms with Crippen molar-refractivity contribution in [1.82, 2.24) is 4.98 Å². The van der Waals surface area contributed by atoms with Crippen LogP contribution in [0.25, 0.3) is 11.3 Å². The van der Waals surface area contributed by atoms with Crippen LogP contribution in [0.4, 0.5) is 21.3 Å². The Kier molecular flexibility index (Phi) is 5.78. The molecule has 0 atom stereocenters. The fraction of sp³-hybridized carbons (Fsp3) is 0.273. The van der Waals surface area contributed by atoms with Crippen molar-refractivity contribution >= 4 is 33.9 Å². The van der Waals surface area contributed by atoms with Crippen LogP contribution in [0.5, 0.6) is 0 Å². The Hall–Kier alpha value is -2.90. The smallest absolute Gasteiger partial charge is 0.323 e. The van der Waals surface area contributed by atoms with Crippen molar-refractivity contribution in [1.29, 1.82) is 0 Å². The SMILES string of the molecule is Cc1cccc(C)c1NC(=O)Nc1ccccc1-c1csc(N2CCOCC2)n1. The van der Waals surface area contributed by atoms with Gasteiger partial charge in [0.1, 0.15) is 0 Å². The quantitative estimate of drug-likeness (QED) is 0.644. The molecule has 0 aliphatic carbocycles. The molecule has 3 aromatic rings. The Bertz CT molecular complexity index is 991. The molecule has 0 bridgehead atoms. The fourth-order valence-corrected chi connectivity index (χ4v) is 4.26. The van der Waals surface area contributed by atoms with Gasteiger partial charge in [0.25, 0.3) is 0 Å². The summed E-state index contributed by atoms with van der Waals surface area (Å²) >= 11 is 1.62. The lowest BCUT2D eigenvalue weighted by Crippen LogP contribution is -2.36. The van der Waals surface area contributed by atoms with Crippen molar-refractivity contribution in [3.05, 3.63) is 59.0 Å². The predicted molar refractivity (Wildman–Crippen MR) is 119 cm³/mol. The second-order valence-corrected chi connectivity index (χ2v) is 7.84. The zero-order valence-corrected chi connectivity index (χ0v) is 17.4. The van der Waals surface area contributed by atoms with E-state index in [2.05, 4.69) is 15.5 Å². The highest BCUT2D eigenvalue weighted by atomic mass is 32.1. The number of benzene rings is 2. The number of ether oxygens (including phenoxy) is 1. The molecule has 1 aromatic heterocycles. The number of aromatic nitrogens is 1. The summed E-state index contributed by atoms with van der Waals surface area (Å²) in [6.07, 6.45) is 0. The van der Waals surface area contributed by atoms with Gasteiger partial charge in [-0.3, -0.25) is 0 Å². The molecule has 2 heterocycles. The van der Waals surface area contributed by atoms with E-state index >= 15 is 0 Å². The van der Waals surface area contributed by atoms with E-state index in [1.807, 2.05) is 61.7 Å². The van der Waals surface area contributed by atoms with Gasteiger partial charge in [-0.25, -0.2) is 9.78 Å². The number of nitrogens with one attached hydrogen (secondary N) is 2. The van der Waals surface area contributed by atoms with Crippen LogP contribution in [0, 0.1) is 13.8 Å². The minimum absolute atomic E-state index is 0.265. The summed E-state index contributed by atoms with van der Waals surface area (Å²) in [5, 5.41) is 8.98. The van der Waals surface area contributed by atoms with E-state index in [4.69, 9.17) is 9.72 Å². The number of hydrogen-bond donors (Lipinski definition) is 2. The van der Waals surface area contributed by atoms with E-state index in [-0.39, 0.29) is 6.03 Å². The lowest BCUT2D eigenvalue weighted by Gasteiger charge is -2.26. The van der Waals surface area contributed by atoms with Crippen LogP contribution >= 0.6 is 11.3 Å². The van der Waals surface area contributed by atoms with E-state index in [0.717, 1.165) is 65.2 Å². The average molecular weight is 409 g/mol. The lowest BCUT2D eigenvalue weighted by atomic mass is 10.1. The Balaban J connectivity index is 1.53. The maximum atomic E-state index is 12.7. The number of urea groups is 1. The number of nitrogens with zero attached hydrogens (tertiary/aromatic N) is 2. The van der Waals surface area contributed by atoms with Crippen molar-refractivity contribution in [2.75, 3.05) is 41.8 Å². The van der Waals surface area contributed by atoms with Gasteiger partial charge in [-0.15, -0.1) is 11.3 Å². The molecule has 0 spiro atoms. The number of carbonyl (C=O) groups is 1. The van der Waals surface area contributed by atoms with Crippen LogP contribution in [0.1, 0.15) is 11.1 Å². The minimum Gasteiger partial charge on any atom is -0.378 e. The van der Waals surface area contributed by atoms with Crippen molar-refractivity contribution in [2.45, 2.75) is 13.8 Å². The number of carbonyl (C=O) groups excluding carboxylic acids is 1. The largest absolute Gasteiger partial charge is 0.378 e. The maximum Gasteiger partial charge on any atom is 0.323 e. The van der Waals surface area contributed by atoms with Crippen LogP contribution in [0.2, 0.25) is 0 Å². The van der Waals surface area contributed by atoms with Crippen LogP contribution in [-0.2, 0) is 4.74 Å². The van der Waals surface area contributed by atoms with Gasteiger partial charge in [-0.1, -0.05) is 36.4 Å². The highest BCUT2D eigenvalue weighted by molar-refractivity contribution is 7.14. The van der Waals surface area contributed by atoms with Crippen LogP contribution in [0.3, 0.4) is 0 Å². The first-order chi connectivity index (χ1) is 14.1. The third kappa shape index (κ3) is 4.41. The Morgan fingerprint density at radius 3 is 2.52 bits per heavy atom. The molecule has 1 aliphatic rings. The molecule has 4 rings (SSSR count). The Morgan fingerprint density at radius 2 is 1.76 bits per heavy atom. The molecular weight excluding hydrogens is 384 g/mol. The number of anilines is 3. The van der Waals surface area contributed by atoms with Gasteiger partial charge >= 0.3 is 6.03 Å². The summed E-state index contributed by atoms with van der Waals surface area (Å²) in [7, 11) is 0. The predicted octanol–water partition coefficient (Wildman–Crippen LogP) is 4.91. The number of aryl methyl sites for hydroxylation is 2. The highest BCUT2D eigenvalue weighted by Crippen LogP contribution is 2.32. The van der Waals surface area contributed by atoms with E-state index in [1.54, 1.807) is 11.3 Å². The van der Waals surface area contributed by atoms with E-state index < -0.39 is 0 Å². The Morgan fingerprint density at radius 1 is 1.03 bits per heavy atom. The molecule has 1 saturated heterocycles. The van der Waals surface area contributed by atoms with Crippen LogP contribution in [0.15, 0.2) is 47.8 Å². The molecule has 2 N–H and O–H groups in total. The third-order valence-corrected chi connectivity index (χ3v) is 5.85. The molecule has 1 aliphatic heterocycles. The fourth-order valence-electron chi connectivity index (χ4n) is 3.38. The summed E-state index contributed by atoms with van der Waals surface area (Å²) in [5.41, 5.74) is 5.39. The molecule has 0 saturated carbocycles. The van der Waals surface area contributed by atoms with Gasteiger partial charge in [0.15, 0.2) is 5.13 Å². The second kappa shape index (κ2) is 8.63. The average Bonchev–Trinajstić information content (AvgIpc) is 3.22. The molecule has 0 unspecified atom stereocenters.